The number of phosphoric acid groups is 1. The van der Waals surface area contributed by atoms with E-state index in [9.17, 15) is 19.4 Å². The van der Waals surface area contributed by atoms with Crippen molar-refractivity contribution in [1.82, 2.24) is 5.32 Å². The van der Waals surface area contributed by atoms with Crippen molar-refractivity contribution in [3.05, 3.63) is 24.3 Å². The van der Waals surface area contributed by atoms with Crippen LogP contribution in [-0.4, -0.2) is 73.4 Å². The van der Waals surface area contributed by atoms with Crippen LogP contribution < -0.4 is 5.32 Å². The molecule has 9 heteroatoms. The molecule has 0 aromatic carbocycles. The summed E-state index contributed by atoms with van der Waals surface area (Å²) >= 11 is 0. The van der Waals surface area contributed by atoms with Crippen molar-refractivity contribution in [2.24, 2.45) is 0 Å². The van der Waals surface area contributed by atoms with Gasteiger partial charge in [0, 0.05) is 6.42 Å². The largest absolute Gasteiger partial charge is 0.472 e. The number of phosphoric ester groups is 1. The molecule has 0 aromatic heterocycles. The predicted molar refractivity (Wildman–Crippen MR) is 342 cm³/mol. The lowest BCUT2D eigenvalue weighted by Crippen LogP contribution is -2.46. The van der Waals surface area contributed by atoms with Gasteiger partial charge in [0.05, 0.1) is 39.9 Å². The third-order valence-electron chi connectivity index (χ3n) is 16.2. The summed E-state index contributed by atoms with van der Waals surface area (Å²) in [6.07, 6.45) is 78.6. The molecule has 0 saturated heterocycles. The summed E-state index contributed by atoms with van der Waals surface area (Å²) in [4.78, 5) is 23.4. The normalized spacial score (nSPS) is 13.8. The second kappa shape index (κ2) is 60.6. The highest BCUT2D eigenvalue weighted by Crippen LogP contribution is 2.43. The maximum atomic E-state index is 13.0. The van der Waals surface area contributed by atoms with Gasteiger partial charge in [0.25, 0.3) is 0 Å². The van der Waals surface area contributed by atoms with Gasteiger partial charge in [0.2, 0.25) is 5.91 Å². The fourth-order valence-electron chi connectivity index (χ4n) is 10.8. The Balaban J connectivity index is 3.87. The number of likely N-dealkylation sites (N-methyl/N-ethyl adjacent to an activating group) is 1. The molecule has 0 rings (SSSR count). The number of amides is 1. The van der Waals surface area contributed by atoms with Crippen LogP contribution in [0.1, 0.15) is 361 Å². The molecule has 0 saturated carbocycles. The van der Waals surface area contributed by atoms with E-state index in [4.69, 9.17) is 9.05 Å². The molecule has 0 aliphatic carbocycles. The van der Waals surface area contributed by atoms with Crippen LogP contribution in [0.15, 0.2) is 24.3 Å². The first-order valence-corrected chi connectivity index (χ1v) is 36.2. The summed E-state index contributed by atoms with van der Waals surface area (Å²) in [5.41, 5.74) is 0. The van der Waals surface area contributed by atoms with Crippen molar-refractivity contribution >= 4 is 13.7 Å². The van der Waals surface area contributed by atoms with E-state index in [-0.39, 0.29) is 19.1 Å². The molecule has 0 spiro atoms. The van der Waals surface area contributed by atoms with Crippen LogP contribution in [0.2, 0.25) is 0 Å². The van der Waals surface area contributed by atoms with Crippen molar-refractivity contribution in [3.8, 4) is 0 Å². The van der Waals surface area contributed by atoms with Gasteiger partial charge in [0.15, 0.2) is 0 Å². The van der Waals surface area contributed by atoms with E-state index in [1.165, 1.54) is 289 Å². The summed E-state index contributed by atoms with van der Waals surface area (Å²) < 4.78 is 23.8. The van der Waals surface area contributed by atoms with Gasteiger partial charge in [-0.05, 0) is 44.9 Å². The molecule has 464 valence electrons. The Bertz CT molecular complexity index is 1320. The Morgan fingerprint density at radius 1 is 0.436 bits per heavy atom. The molecule has 8 nitrogen and oxygen atoms in total. The maximum Gasteiger partial charge on any atom is 0.472 e. The number of carbonyl (C=O) groups excluding carboxylic acids is 1. The van der Waals surface area contributed by atoms with Crippen LogP contribution in [0.3, 0.4) is 0 Å². The van der Waals surface area contributed by atoms with Crippen LogP contribution in [-0.2, 0) is 18.4 Å². The van der Waals surface area contributed by atoms with E-state index < -0.39 is 20.0 Å². The maximum absolute atomic E-state index is 13.0. The Morgan fingerprint density at radius 2 is 0.731 bits per heavy atom. The predicted octanol–water partition coefficient (Wildman–Crippen LogP) is 21.9. The lowest BCUT2D eigenvalue weighted by Gasteiger charge is -2.26. The molecule has 78 heavy (non-hydrogen) atoms. The summed E-state index contributed by atoms with van der Waals surface area (Å²) in [6.45, 7) is 4.93. The number of nitrogens with one attached hydrogen (secondary N) is 1. The minimum atomic E-state index is -4.32. The number of aliphatic hydroxyl groups excluding tert-OH is 1. The average molecular weight is 1120 g/mol. The van der Waals surface area contributed by atoms with E-state index in [0.29, 0.717) is 23.9 Å². The van der Waals surface area contributed by atoms with Crippen molar-refractivity contribution in [2.75, 3.05) is 40.9 Å². The van der Waals surface area contributed by atoms with Gasteiger partial charge < -0.3 is 19.8 Å². The molecule has 0 aromatic rings. The zero-order chi connectivity index (χ0) is 57.0. The molecule has 3 N–H and O–H groups in total. The number of quaternary nitrogens is 1. The number of rotatable bonds is 65. The van der Waals surface area contributed by atoms with Crippen molar-refractivity contribution < 1.29 is 32.9 Å². The topological polar surface area (TPSA) is 105 Å². The zero-order valence-electron chi connectivity index (χ0n) is 53.2. The summed E-state index contributed by atoms with van der Waals surface area (Å²) in [7, 11) is 1.64. The van der Waals surface area contributed by atoms with E-state index in [2.05, 4.69) is 43.5 Å². The van der Waals surface area contributed by atoms with Crippen molar-refractivity contribution in [1.29, 1.82) is 0 Å². The van der Waals surface area contributed by atoms with Crippen molar-refractivity contribution in [3.63, 3.8) is 0 Å². The minimum absolute atomic E-state index is 0.0780. The van der Waals surface area contributed by atoms with Crippen molar-refractivity contribution in [2.45, 2.75) is 373 Å². The third kappa shape index (κ3) is 62.6. The van der Waals surface area contributed by atoms with E-state index in [1.54, 1.807) is 0 Å². The highest BCUT2D eigenvalue weighted by atomic mass is 31.2. The van der Waals surface area contributed by atoms with E-state index in [0.717, 1.165) is 44.9 Å². The van der Waals surface area contributed by atoms with Gasteiger partial charge >= 0.3 is 7.82 Å². The smallest absolute Gasteiger partial charge is 0.391 e. The number of aliphatic hydroxyl groups is 1. The Kier molecular flexibility index (Phi) is 59.8. The molecule has 0 fully saturated rings. The van der Waals surface area contributed by atoms with Crippen LogP contribution in [0.5, 0.6) is 0 Å². The Hall–Kier alpha value is -1.02. The molecule has 3 atom stereocenters. The zero-order valence-corrected chi connectivity index (χ0v) is 54.1. The first-order valence-electron chi connectivity index (χ1n) is 34.7. The third-order valence-corrected chi connectivity index (χ3v) is 17.2. The molecule has 0 bridgehead atoms. The number of allylic oxidation sites excluding steroid dienone is 4. The molecule has 0 heterocycles. The summed E-state index contributed by atoms with van der Waals surface area (Å²) in [5, 5.41) is 14.1. The number of hydrogen-bond donors (Lipinski definition) is 3. The fraction of sp³-hybridized carbons (Fsp3) is 0.928. The average Bonchev–Trinajstić information content (AvgIpc) is 3.40. The SMILES string of the molecule is CCCCCCC/C=C\C/C=C\CCCCCCCCCCCCCCCCCCCCCCCCCCCCCC(=O)NC(COP(=O)(O)OCC[N+](C)(C)C)C(O)CCCCCCCCCCCCCCCCCCC. The van der Waals surface area contributed by atoms with E-state index >= 15 is 0 Å². The standard InChI is InChI=1S/C69H137N2O6P/c1-6-8-10-12-14-16-18-20-22-24-25-26-27-28-29-30-31-32-33-34-35-36-37-38-39-40-41-42-43-44-45-47-49-51-53-55-57-59-61-63-69(73)70-67(66-77-78(74,75)76-65-64-71(3,4)5)68(72)62-60-58-56-54-52-50-48-46-23-21-19-17-15-13-11-9-7-2/h18,20,24-25,67-68,72H,6-17,19,21-23,26-66H2,1-5H3,(H-,70,73,74,75)/p+1/b20-18-,25-24-. The number of carbonyl (C=O) groups is 1. The minimum Gasteiger partial charge on any atom is -0.391 e. The first-order chi connectivity index (χ1) is 38.0. The molecular weight excluding hydrogens is 984 g/mol. The number of hydrogen-bond acceptors (Lipinski definition) is 5. The van der Waals surface area contributed by atoms with E-state index in [1.807, 2.05) is 21.1 Å². The van der Waals surface area contributed by atoms with Gasteiger partial charge in [-0.1, -0.05) is 334 Å². The van der Waals surface area contributed by atoms with Gasteiger partial charge in [-0.15, -0.1) is 0 Å². The molecule has 3 unspecified atom stereocenters. The Labute approximate surface area is 487 Å². The highest BCUT2D eigenvalue weighted by molar-refractivity contribution is 7.47. The molecule has 0 aliphatic rings. The monoisotopic (exact) mass is 1120 g/mol. The van der Waals surface area contributed by atoms with Gasteiger partial charge in [-0.25, -0.2) is 4.57 Å². The second-order valence-electron chi connectivity index (χ2n) is 25.3. The number of unbranched alkanes of at least 4 members (excludes halogenated alkanes) is 48. The quantitative estimate of drug-likeness (QED) is 0.0243. The van der Waals surface area contributed by atoms with Crippen LogP contribution in [0.25, 0.3) is 0 Å². The second-order valence-corrected chi connectivity index (χ2v) is 26.7. The highest BCUT2D eigenvalue weighted by Gasteiger charge is 2.28. The fourth-order valence-corrected chi connectivity index (χ4v) is 11.5. The molecule has 1 amide bonds. The molecule has 0 aliphatic heterocycles. The van der Waals surface area contributed by atoms with Crippen LogP contribution >= 0.6 is 7.82 Å². The Morgan fingerprint density at radius 3 is 1.05 bits per heavy atom. The number of nitrogens with zero attached hydrogens (tertiary/aromatic N) is 1. The first kappa shape index (κ1) is 77.0. The van der Waals surface area contributed by atoms with Crippen LogP contribution in [0, 0.1) is 0 Å². The van der Waals surface area contributed by atoms with Crippen LogP contribution in [0.4, 0.5) is 0 Å². The van der Waals surface area contributed by atoms with Gasteiger partial charge in [-0.2, -0.15) is 0 Å². The molecule has 0 radical (unpaired) electrons. The lowest BCUT2D eigenvalue weighted by atomic mass is 10.0. The lowest BCUT2D eigenvalue weighted by molar-refractivity contribution is -0.870. The van der Waals surface area contributed by atoms with Gasteiger partial charge in [0.1, 0.15) is 13.2 Å². The summed E-state index contributed by atoms with van der Waals surface area (Å²) in [5.74, 6) is -0.136. The summed E-state index contributed by atoms with van der Waals surface area (Å²) in [6, 6.07) is -0.757. The molecular formula is C69H138N2O6P+. The van der Waals surface area contributed by atoms with Gasteiger partial charge in [-0.3, -0.25) is 13.8 Å².